The lowest BCUT2D eigenvalue weighted by atomic mass is 9.96. The van der Waals surface area contributed by atoms with E-state index >= 15 is 0 Å². The van der Waals surface area contributed by atoms with Gasteiger partial charge >= 0.3 is 0 Å². The van der Waals surface area contributed by atoms with Crippen molar-refractivity contribution in [1.29, 1.82) is 0 Å². The molecule has 0 spiro atoms. The Kier molecular flexibility index (Phi) is 3.86. The minimum Gasteiger partial charge on any atom is -0.381 e. The average molecular weight is 341 g/mol. The van der Waals surface area contributed by atoms with Crippen molar-refractivity contribution in [1.82, 2.24) is 14.9 Å². The van der Waals surface area contributed by atoms with Crippen LogP contribution in [0.4, 0.5) is 5.69 Å². The molecule has 2 aromatic rings. The number of H-pyrrole nitrogens is 1. The Morgan fingerprint density at radius 2 is 2.08 bits per heavy atom. The number of nitrogens with two attached hydrogens (primary N) is 1. The highest BCUT2D eigenvalue weighted by atomic mass is 16.2. The third-order valence-corrected chi connectivity index (χ3v) is 5.52. The normalized spacial score (nSPS) is 25.3. The summed E-state index contributed by atoms with van der Waals surface area (Å²) < 4.78 is 0. The third-order valence-electron chi connectivity index (χ3n) is 5.52. The number of piperidine rings is 1. The Hall–Kier alpha value is -2.57. The lowest BCUT2D eigenvalue weighted by Gasteiger charge is -2.39. The van der Waals surface area contributed by atoms with Crippen molar-refractivity contribution in [2.24, 2.45) is 5.73 Å². The molecule has 2 amide bonds. The molecular formula is C18H23N5O2. The first-order valence-corrected chi connectivity index (χ1v) is 8.92. The Morgan fingerprint density at radius 3 is 2.72 bits per heavy atom. The van der Waals surface area contributed by atoms with Crippen LogP contribution in [0.2, 0.25) is 0 Å². The van der Waals surface area contributed by atoms with Gasteiger partial charge in [-0.15, -0.1) is 0 Å². The highest BCUT2D eigenvalue weighted by Crippen LogP contribution is 2.38. The largest absolute Gasteiger partial charge is 0.381 e. The summed E-state index contributed by atoms with van der Waals surface area (Å²) in [5, 5.41) is 4.41. The van der Waals surface area contributed by atoms with Gasteiger partial charge in [0.15, 0.2) is 0 Å². The number of nitrogens with one attached hydrogen (secondary N) is 2. The molecule has 132 valence electrons. The summed E-state index contributed by atoms with van der Waals surface area (Å²) in [6, 6.07) is 2.71. The molecule has 0 aliphatic carbocycles. The number of hydrogen-bond acceptors (Lipinski definition) is 4. The van der Waals surface area contributed by atoms with Gasteiger partial charge in [0.25, 0.3) is 5.91 Å². The monoisotopic (exact) mass is 341 g/mol. The van der Waals surface area contributed by atoms with Crippen LogP contribution in [0.25, 0.3) is 11.0 Å². The van der Waals surface area contributed by atoms with Crippen molar-refractivity contribution >= 4 is 28.5 Å². The van der Waals surface area contributed by atoms with Gasteiger partial charge in [-0.2, -0.15) is 0 Å². The minimum absolute atomic E-state index is 0.219. The summed E-state index contributed by atoms with van der Waals surface area (Å²) in [5.41, 5.74) is 7.43. The van der Waals surface area contributed by atoms with Gasteiger partial charge in [-0.3, -0.25) is 9.59 Å². The van der Waals surface area contributed by atoms with Gasteiger partial charge < -0.3 is 20.9 Å². The van der Waals surface area contributed by atoms with Crippen LogP contribution in [0.15, 0.2) is 18.5 Å². The molecule has 1 unspecified atom stereocenters. The predicted molar refractivity (Wildman–Crippen MR) is 95.2 cm³/mol. The van der Waals surface area contributed by atoms with E-state index in [-0.39, 0.29) is 11.9 Å². The second-order valence-corrected chi connectivity index (χ2v) is 7.00. The van der Waals surface area contributed by atoms with Gasteiger partial charge in [-0.25, -0.2) is 4.98 Å². The molecule has 4 rings (SSSR count). The maximum atomic E-state index is 12.2. The topological polar surface area (TPSA) is 104 Å². The van der Waals surface area contributed by atoms with Gasteiger partial charge in [0.05, 0.1) is 11.3 Å². The Balaban J connectivity index is 1.61. The first-order valence-electron chi connectivity index (χ1n) is 8.92. The highest BCUT2D eigenvalue weighted by Gasteiger charge is 2.42. The van der Waals surface area contributed by atoms with Gasteiger partial charge in [0.2, 0.25) is 5.91 Å². The molecule has 2 saturated heterocycles. The van der Waals surface area contributed by atoms with Crippen LogP contribution in [-0.2, 0) is 4.79 Å². The molecule has 3 atom stereocenters. The van der Waals surface area contributed by atoms with E-state index in [1.165, 1.54) is 6.20 Å². The molecule has 2 fully saturated rings. The number of aromatic amines is 1. The molecule has 2 aromatic heterocycles. The SMILES string of the molecule is CCC(=O)N1[C@@H]2CC[C@H]1CC(Nc1c(C(N)=O)cnc3[nH]ccc13)C2. The van der Waals surface area contributed by atoms with Gasteiger partial charge in [0.1, 0.15) is 5.65 Å². The summed E-state index contributed by atoms with van der Waals surface area (Å²) in [7, 11) is 0. The second-order valence-electron chi connectivity index (χ2n) is 7.00. The van der Waals surface area contributed by atoms with Crippen molar-refractivity contribution < 1.29 is 9.59 Å². The standard InChI is InChI=1S/C18H23N5O2/c1-2-15(24)23-11-3-4-12(23)8-10(7-11)22-16-13-5-6-20-18(13)21-9-14(16)17(19)25/h5-6,9-12H,2-4,7-8H2,1H3,(H2,19,25)(H2,20,21,22)/t10?,11-,12+. The van der Waals surface area contributed by atoms with Crippen molar-refractivity contribution in [3.63, 3.8) is 0 Å². The number of nitrogens with zero attached hydrogens (tertiary/aromatic N) is 2. The first kappa shape index (κ1) is 15.9. The first-order chi connectivity index (χ1) is 12.1. The molecule has 2 bridgehead atoms. The highest BCUT2D eigenvalue weighted by molar-refractivity contribution is 6.06. The molecule has 0 saturated carbocycles. The van der Waals surface area contributed by atoms with E-state index in [1.54, 1.807) is 6.20 Å². The van der Waals surface area contributed by atoms with Crippen molar-refractivity contribution in [2.45, 2.75) is 57.2 Å². The Morgan fingerprint density at radius 1 is 1.36 bits per heavy atom. The second kappa shape index (κ2) is 6.06. The van der Waals surface area contributed by atoms with E-state index in [2.05, 4.69) is 20.2 Å². The molecular weight excluding hydrogens is 318 g/mol. The molecule has 25 heavy (non-hydrogen) atoms. The Labute approximate surface area is 146 Å². The fourth-order valence-corrected chi connectivity index (χ4v) is 4.44. The van der Waals surface area contributed by atoms with Crippen LogP contribution in [0.3, 0.4) is 0 Å². The number of pyridine rings is 1. The number of primary amides is 1. The molecule has 2 aliphatic rings. The molecule has 7 nitrogen and oxygen atoms in total. The number of aromatic nitrogens is 2. The molecule has 0 radical (unpaired) electrons. The quantitative estimate of drug-likeness (QED) is 0.791. The van der Waals surface area contributed by atoms with Gasteiger partial charge in [0, 0.05) is 42.3 Å². The van der Waals surface area contributed by atoms with Crippen LogP contribution in [-0.4, -0.2) is 44.8 Å². The summed E-state index contributed by atoms with van der Waals surface area (Å²) in [6.07, 6.45) is 7.81. The number of anilines is 1. The summed E-state index contributed by atoms with van der Waals surface area (Å²) in [6.45, 7) is 1.92. The smallest absolute Gasteiger partial charge is 0.252 e. The third kappa shape index (κ3) is 2.63. The maximum absolute atomic E-state index is 12.2. The van der Waals surface area contributed by atoms with Crippen molar-refractivity contribution in [3.05, 3.63) is 24.0 Å². The molecule has 0 aromatic carbocycles. The van der Waals surface area contributed by atoms with Crippen molar-refractivity contribution in [2.75, 3.05) is 5.32 Å². The maximum Gasteiger partial charge on any atom is 0.252 e. The minimum atomic E-state index is -0.486. The summed E-state index contributed by atoms with van der Waals surface area (Å²) >= 11 is 0. The average Bonchev–Trinajstić information content (AvgIpc) is 3.17. The van der Waals surface area contributed by atoms with Gasteiger partial charge in [-0.05, 0) is 31.7 Å². The molecule has 4 N–H and O–H groups in total. The van der Waals surface area contributed by atoms with Crippen LogP contribution >= 0.6 is 0 Å². The number of fused-ring (bicyclic) bond motifs is 3. The summed E-state index contributed by atoms with van der Waals surface area (Å²) in [4.78, 5) is 33.4. The van der Waals surface area contributed by atoms with E-state index in [0.29, 0.717) is 24.1 Å². The number of carbonyl (C=O) groups is 2. The van der Waals surface area contributed by atoms with Gasteiger partial charge in [-0.1, -0.05) is 6.92 Å². The van der Waals surface area contributed by atoms with E-state index in [9.17, 15) is 9.59 Å². The zero-order valence-electron chi connectivity index (χ0n) is 14.3. The molecule has 4 heterocycles. The van der Waals surface area contributed by atoms with Crippen LogP contribution in [0.5, 0.6) is 0 Å². The fourth-order valence-electron chi connectivity index (χ4n) is 4.44. The van der Waals surface area contributed by atoms with Crippen LogP contribution < -0.4 is 11.1 Å². The van der Waals surface area contributed by atoms with E-state index < -0.39 is 5.91 Å². The zero-order chi connectivity index (χ0) is 17.6. The molecule has 7 heteroatoms. The lowest BCUT2D eigenvalue weighted by Crippen LogP contribution is -2.49. The lowest BCUT2D eigenvalue weighted by molar-refractivity contribution is -0.135. The number of rotatable bonds is 4. The Bertz CT molecular complexity index is 816. The zero-order valence-corrected chi connectivity index (χ0v) is 14.3. The number of hydrogen-bond donors (Lipinski definition) is 3. The number of amides is 2. The van der Waals surface area contributed by atoms with E-state index in [1.807, 2.05) is 13.0 Å². The van der Waals surface area contributed by atoms with E-state index in [0.717, 1.165) is 42.4 Å². The summed E-state index contributed by atoms with van der Waals surface area (Å²) in [5.74, 6) is -0.236. The fraction of sp³-hybridized carbons (Fsp3) is 0.500. The predicted octanol–water partition coefficient (Wildman–Crippen LogP) is 2.01. The number of carbonyl (C=O) groups excluding carboxylic acids is 2. The van der Waals surface area contributed by atoms with Crippen LogP contribution in [0.1, 0.15) is 49.4 Å². The van der Waals surface area contributed by atoms with E-state index in [4.69, 9.17) is 5.73 Å². The van der Waals surface area contributed by atoms with Crippen molar-refractivity contribution in [3.8, 4) is 0 Å². The molecule has 2 aliphatic heterocycles. The van der Waals surface area contributed by atoms with Crippen LogP contribution in [0, 0.1) is 0 Å².